The smallest absolute Gasteiger partial charge is 0.257 e. The van der Waals surface area contributed by atoms with Gasteiger partial charge in [-0.25, -0.2) is 4.98 Å². The van der Waals surface area contributed by atoms with E-state index in [0.29, 0.717) is 22.9 Å². The molecule has 0 aliphatic heterocycles. The Morgan fingerprint density at radius 2 is 1.69 bits per heavy atom. The molecule has 29 heavy (non-hydrogen) atoms. The minimum Gasteiger partial charge on any atom is -0.431 e. The molecule has 1 fully saturated rings. The van der Waals surface area contributed by atoms with Gasteiger partial charge in [0.25, 0.3) is 5.22 Å². The van der Waals surface area contributed by atoms with Gasteiger partial charge in [-0.15, -0.1) is 0 Å². The van der Waals surface area contributed by atoms with Crippen molar-refractivity contribution in [3.63, 3.8) is 0 Å². The molecule has 1 saturated carbocycles. The number of nitrogens with zero attached hydrogens (tertiary/aromatic N) is 1. The second-order valence-corrected chi connectivity index (χ2v) is 8.54. The van der Waals surface area contributed by atoms with Crippen LogP contribution >= 0.6 is 11.8 Å². The lowest BCUT2D eigenvalue weighted by Crippen LogP contribution is -2.41. The standard InChI is InChI=1S/C24H26N2O2S/c1-17-10-8-9-15-20(17)25-21(27)16-29-24-26-22(18-11-4-2-5-12-18)23(28-24)19-13-6-3-7-14-19/h2-7,11-14,17,20H,8-10,15-16H2,1H3,(H,25,27)/t17-,20+/m1/s1. The van der Waals surface area contributed by atoms with E-state index in [1.807, 2.05) is 60.7 Å². The number of amides is 1. The molecule has 0 bridgehead atoms. The number of carbonyl (C=O) groups excluding carboxylic acids is 1. The summed E-state index contributed by atoms with van der Waals surface area (Å²) in [5.41, 5.74) is 2.79. The Kier molecular flexibility index (Phi) is 6.35. The van der Waals surface area contributed by atoms with E-state index in [-0.39, 0.29) is 5.91 Å². The fraction of sp³-hybridized carbons (Fsp3) is 0.333. The fourth-order valence-electron chi connectivity index (χ4n) is 3.85. The average Bonchev–Trinajstić information content (AvgIpc) is 3.20. The van der Waals surface area contributed by atoms with Crippen LogP contribution in [0, 0.1) is 5.92 Å². The molecule has 1 N–H and O–H groups in total. The van der Waals surface area contributed by atoms with Crippen molar-refractivity contribution in [1.29, 1.82) is 0 Å². The van der Waals surface area contributed by atoms with Gasteiger partial charge >= 0.3 is 0 Å². The molecular formula is C24H26N2O2S. The Bertz CT molecular complexity index is 883. The van der Waals surface area contributed by atoms with Gasteiger partial charge in [-0.2, -0.15) is 0 Å². The molecule has 3 aromatic rings. The van der Waals surface area contributed by atoms with Crippen molar-refractivity contribution in [2.24, 2.45) is 5.92 Å². The minimum absolute atomic E-state index is 0.0504. The zero-order chi connectivity index (χ0) is 20.1. The summed E-state index contributed by atoms with van der Waals surface area (Å²) in [6.45, 7) is 2.23. The van der Waals surface area contributed by atoms with Gasteiger partial charge < -0.3 is 9.73 Å². The second kappa shape index (κ2) is 9.31. The first kappa shape index (κ1) is 19.8. The molecule has 1 amide bonds. The Labute approximate surface area is 176 Å². The number of carbonyl (C=O) groups is 1. The highest BCUT2D eigenvalue weighted by atomic mass is 32.2. The second-order valence-electron chi connectivity index (χ2n) is 7.61. The number of hydrogen-bond acceptors (Lipinski definition) is 4. The Hall–Kier alpha value is -2.53. The molecule has 1 aliphatic carbocycles. The fourth-order valence-corrected chi connectivity index (χ4v) is 4.48. The van der Waals surface area contributed by atoms with E-state index in [9.17, 15) is 4.79 Å². The third-order valence-corrected chi connectivity index (χ3v) is 6.30. The van der Waals surface area contributed by atoms with Crippen LogP contribution in [0.5, 0.6) is 0 Å². The van der Waals surface area contributed by atoms with Crippen LogP contribution in [0.2, 0.25) is 0 Å². The highest BCUT2D eigenvalue weighted by molar-refractivity contribution is 7.99. The van der Waals surface area contributed by atoms with Crippen LogP contribution in [0.4, 0.5) is 0 Å². The third kappa shape index (κ3) is 4.91. The molecule has 1 aliphatic rings. The van der Waals surface area contributed by atoms with Gasteiger partial charge in [0.15, 0.2) is 5.76 Å². The topological polar surface area (TPSA) is 55.1 Å². The Balaban J connectivity index is 1.49. The van der Waals surface area contributed by atoms with Crippen molar-refractivity contribution in [3.05, 3.63) is 60.7 Å². The molecule has 4 nitrogen and oxygen atoms in total. The molecule has 4 rings (SSSR count). The van der Waals surface area contributed by atoms with Crippen molar-refractivity contribution in [3.8, 4) is 22.6 Å². The molecule has 1 heterocycles. The maximum Gasteiger partial charge on any atom is 0.257 e. The SMILES string of the molecule is C[C@@H]1CCCC[C@@H]1NC(=O)CSc1nc(-c2ccccc2)c(-c2ccccc2)o1. The van der Waals surface area contributed by atoms with Gasteiger partial charge in [0.1, 0.15) is 5.69 Å². The van der Waals surface area contributed by atoms with Gasteiger partial charge in [0, 0.05) is 17.2 Å². The largest absolute Gasteiger partial charge is 0.431 e. The summed E-state index contributed by atoms with van der Waals surface area (Å²) in [6.07, 6.45) is 4.73. The summed E-state index contributed by atoms with van der Waals surface area (Å²) in [4.78, 5) is 17.2. The van der Waals surface area contributed by atoms with E-state index < -0.39 is 0 Å². The van der Waals surface area contributed by atoms with E-state index in [4.69, 9.17) is 9.40 Å². The maximum atomic E-state index is 12.5. The summed E-state index contributed by atoms with van der Waals surface area (Å²) in [5.74, 6) is 1.65. The summed E-state index contributed by atoms with van der Waals surface area (Å²) in [6, 6.07) is 20.3. The first-order valence-electron chi connectivity index (χ1n) is 10.2. The number of aromatic nitrogens is 1. The quantitative estimate of drug-likeness (QED) is 0.526. The Morgan fingerprint density at radius 3 is 2.38 bits per heavy atom. The third-order valence-electron chi connectivity index (χ3n) is 5.48. The van der Waals surface area contributed by atoms with Crippen molar-refractivity contribution >= 4 is 17.7 Å². The van der Waals surface area contributed by atoms with Crippen LogP contribution < -0.4 is 5.32 Å². The predicted octanol–water partition coefficient (Wildman–Crippen LogP) is 5.80. The van der Waals surface area contributed by atoms with Gasteiger partial charge in [0.05, 0.1) is 5.75 Å². The number of rotatable bonds is 6. The van der Waals surface area contributed by atoms with Crippen LogP contribution in [0.15, 0.2) is 70.3 Å². The normalized spacial score (nSPS) is 19.1. The van der Waals surface area contributed by atoms with E-state index in [1.165, 1.54) is 31.0 Å². The van der Waals surface area contributed by atoms with E-state index in [2.05, 4.69) is 12.2 Å². The van der Waals surface area contributed by atoms with Crippen molar-refractivity contribution in [1.82, 2.24) is 10.3 Å². The molecule has 2 atom stereocenters. The van der Waals surface area contributed by atoms with E-state index >= 15 is 0 Å². The molecule has 1 aromatic heterocycles. The average molecular weight is 407 g/mol. The highest BCUT2D eigenvalue weighted by Gasteiger charge is 2.23. The molecule has 0 radical (unpaired) electrons. The lowest BCUT2D eigenvalue weighted by atomic mass is 9.86. The van der Waals surface area contributed by atoms with E-state index in [1.54, 1.807) is 0 Å². The van der Waals surface area contributed by atoms with Gasteiger partial charge in [0.2, 0.25) is 5.91 Å². The molecule has 0 spiro atoms. The van der Waals surface area contributed by atoms with Crippen LogP contribution in [-0.2, 0) is 4.79 Å². The summed E-state index contributed by atoms with van der Waals surface area (Å²) in [5, 5.41) is 3.72. The van der Waals surface area contributed by atoms with E-state index in [0.717, 1.165) is 29.0 Å². The van der Waals surface area contributed by atoms with Crippen molar-refractivity contribution in [2.45, 2.75) is 43.9 Å². The maximum absolute atomic E-state index is 12.5. The zero-order valence-electron chi connectivity index (χ0n) is 16.6. The highest BCUT2D eigenvalue weighted by Crippen LogP contribution is 2.35. The zero-order valence-corrected chi connectivity index (χ0v) is 17.5. The van der Waals surface area contributed by atoms with Crippen LogP contribution in [0.25, 0.3) is 22.6 Å². The number of nitrogens with one attached hydrogen (secondary N) is 1. The monoisotopic (exact) mass is 406 g/mol. The van der Waals surface area contributed by atoms with Gasteiger partial charge in [-0.05, 0) is 18.8 Å². The van der Waals surface area contributed by atoms with Crippen LogP contribution in [-0.4, -0.2) is 22.7 Å². The summed E-state index contributed by atoms with van der Waals surface area (Å²) >= 11 is 1.35. The van der Waals surface area contributed by atoms with Crippen LogP contribution in [0.1, 0.15) is 32.6 Å². The number of benzene rings is 2. The molecular weight excluding hydrogens is 380 g/mol. The van der Waals surface area contributed by atoms with Crippen LogP contribution in [0.3, 0.4) is 0 Å². The summed E-state index contributed by atoms with van der Waals surface area (Å²) in [7, 11) is 0. The molecule has 2 aromatic carbocycles. The molecule has 5 heteroatoms. The predicted molar refractivity (Wildman–Crippen MR) is 118 cm³/mol. The number of thioether (sulfide) groups is 1. The molecule has 0 saturated heterocycles. The molecule has 0 unspecified atom stereocenters. The van der Waals surface area contributed by atoms with Crippen molar-refractivity contribution in [2.75, 3.05) is 5.75 Å². The first-order valence-corrected chi connectivity index (χ1v) is 11.2. The minimum atomic E-state index is 0.0504. The van der Waals surface area contributed by atoms with Gasteiger partial charge in [-0.3, -0.25) is 4.79 Å². The Morgan fingerprint density at radius 1 is 1.03 bits per heavy atom. The number of oxazole rings is 1. The lowest BCUT2D eigenvalue weighted by molar-refractivity contribution is -0.119. The molecule has 150 valence electrons. The van der Waals surface area contributed by atoms with Crippen molar-refractivity contribution < 1.29 is 9.21 Å². The number of hydrogen-bond donors (Lipinski definition) is 1. The summed E-state index contributed by atoms with van der Waals surface area (Å²) < 4.78 is 6.09. The van der Waals surface area contributed by atoms with Gasteiger partial charge in [-0.1, -0.05) is 92.2 Å². The first-order chi connectivity index (χ1) is 14.2. The lowest BCUT2D eigenvalue weighted by Gasteiger charge is -2.29.